The van der Waals surface area contributed by atoms with Crippen molar-refractivity contribution < 1.29 is 51.4 Å². The number of nitrogens with zero attached hydrogens (tertiary/aromatic N) is 1. The number of ether oxygens (including phenoxy) is 2. The van der Waals surface area contributed by atoms with E-state index >= 15 is 0 Å². The predicted molar refractivity (Wildman–Crippen MR) is 292 cm³/mol. The van der Waals surface area contributed by atoms with Crippen LogP contribution in [0.2, 0.25) is 0 Å². The average molecular weight is 1050 g/mol. The van der Waals surface area contributed by atoms with Crippen LogP contribution in [0.3, 0.4) is 0 Å². The van der Waals surface area contributed by atoms with Crippen LogP contribution in [-0.4, -0.2) is 67.1 Å². The van der Waals surface area contributed by atoms with Crippen molar-refractivity contribution in [3.05, 3.63) is 115 Å². The van der Waals surface area contributed by atoms with Gasteiger partial charge in [-0.2, -0.15) is 27.0 Å². The molecule has 11 N–H and O–H groups in total. The van der Waals surface area contributed by atoms with Crippen LogP contribution in [0.5, 0.6) is 11.5 Å². The number of carbonyl (C=O) groups is 3. The summed E-state index contributed by atoms with van der Waals surface area (Å²) in [4.78, 5) is 50.0. The first kappa shape index (κ1) is 61.5. The third-order valence-electron chi connectivity index (χ3n) is 11.5. The van der Waals surface area contributed by atoms with Gasteiger partial charge in [0.2, 0.25) is 17.7 Å². The number of aromatic nitrogens is 1. The third-order valence-corrected chi connectivity index (χ3v) is 11.5. The molecule has 6 rings (SSSR count). The highest BCUT2D eigenvalue weighted by Gasteiger charge is 2.30. The molecule has 1 heterocycles. The number of oxazole rings is 1. The van der Waals surface area contributed by atoms with E-state index in [4.69, 9.17) is 25.4 Å². The highest BCUT2D eigenvalue weighted by atomic mass is 35.5. The molecular formula is C53H73Cl2N8O6S2+. The Morgan fingerprint density at radius 1 is 0.690 bits per heavy atom. The first-order valence-electron chi connectivity index (χ1n) is 23.5. The second-order valence-electron chi connectivity index (χ2n) is 17.8. The van der Waals surface area contributed by atoms with Gasteiger partial charge in [0.1, 0.15) is 29.6 Å². The maximum Gasteiger partial charge on any atom is 0.338 e. The molecule has 0 radical (unpaired) electrons. The normalized spacial score (nSPS) is 12.0. The lowest BCUT2D eigenvalue weighted by Gasteiger charge is -2.25. The highest BCUT2D eigenvalue weighted by molar-refractivity contribution is 7.59. The second-order valence-corrected chi connectivity index (χ2v) is 17.8. The molecule has 386 valence electrons. The molecule has 0 saturated heterocycles. The second kappa shape index (κ2) is 30.9. The third kappa shape index (κ3) is 17.9. The minimum absolute atomic E-state index is 0. The molecular weight excluding hydrogens is 980 g/mol. The fourth-order valence-corrected chi connectivity index (χ4v) is 8.07. The van der Waals surface area contributed by atoms with Gasteiger partial charge in [-0.1, -0.05) is 119 Å². The largest absolute Gasteiger partial charge is 1.00 e. The smallest absolute Gasteiger partial charge is 0.338 e. The number of nitrogens with two attached hydrogens (primary N) is 2. The van der Waals surface area contributed by atoms with Gasteiger partial charge in [0.25, 0.3) is 5.91 Å². The molecule has 1 aromatic heterocycles. The molecule has 0 aliphatic rings. The molecule has 3 amide bonds. The van der Waals surface area contributed by atoms with Crippen LogP contribution in [0, 0.1) is 11.8 Å². The van der Waals surface area contributed by atoms with Gasteiger partial charge in [-0.3, -0.25) is 30.8 Å². The quantitative estimate of drug-likeness (QED) is 0.0254. The molecule has 18 heteroatoms. The number of fused-ring (bicyclic) bond motifs is 2. The van der Waals surface area contributed by atoms with E-state index in [0.29, 0.717) is 68.7 Å². The van der Waals surface area contributed by atoms with E-state index in [1.54, 1.807) is 6.20 Å². The number of benzene rings is 5. The zero-order valence-corrected chi connectivity index (χ0v) is 44.7. The molecule has 14 nitrogen and oxygen atoms in total. The summed E-state index contributed by atoms with van der Waals surface area (Å²) in [7, 11) is 0. The monoisotopic (exact) mass is 1050 g/mol. The highest BCUT2D eigenvalue weighted by Crippen LogP contribution is 2.45. The summed E-state index contributed by atoms with van der Waals surface area (Å²) in [5, 5.41) is 13.0. The molecule has 0 spiro atoms. The number of unbranched alkanes of at least 4 members (excludes halogenated alkanes) is 1. The van der Waals surface area contributed by atoms with E-state index in [9.17, 15) is 14.4 Å². The lowest BCUT2D eigenvalue weighted by molar-refractivity contribution is -0.459. The van der Waals surface area contributed by atoms with Gasteiger partial charge in [0.15, 0.2) is 12.4 Å². The molecule has 0 saturated carbocycles. The van der Waals surface area contributed by atoms with Crippen LogP contribution in [0.4, 0.5) is 0 Å². The van der Waals surface area contributed by atoms with E-state index in [0.717, 1.165) is 56.8 Å². The summed E-state index contributed by atoms with van der Waals surface area (Å²) in [6.07, 6.45) is 5.46. The van der Waals surface area contributed by atoms with E-state index in [1.165, 1.54) is 0 Å². The van der Waals surface area contributed by atoms with Gasteiger partial charge < -0.3 is 48.0 Å². The van der Waals surface area contributed by atoms with Crippen molar-refractivity contribution in [2.45, 2.75) is 90.8 Å². The van der Waals surface area contributed by atoms with Crippen molar-refractivity contribution in [2.75, 3.05) is 26.3 Å². The van der Waals surface area contributed by atoms with E-state index in [-0.39, 0.29) is 76.7 Å². The van der Waals surface area contributed by atoms with Crippen LogP contribution >= 0.6 is 39.4 Å². The van der Waals surface area contributed by atoms with Gasteiger partial charge in [-0.25, -0.2) is 4.98 Å². The number of amides is 3. The molecule has 6 aromatic rings. The van der Waals surface area contributed by atoms with Crippen LogP contribution in [0.15, 0.2) is 114 Å². The van der Waals surface area contributed by atoms with Crippen LogP contribution in [0.25, 0.3) is 44.0 Å². The van der Waals surface area contributed by atoms with E-state index < -0.39 is 35.8 Å². The lowest BCUT2D eigenvalue weighted by Crippen LogP contribution is -3.00. The maximum absolute atomic E-state index is 14.3. The number of hydrogen-bond acceptors (Lipinski definition) is 7. The number of hydrogen-bond donors (Lipinski definition) is 7. The maximum atomic E-state index is 14.3. The fraction of sp³-hybridized carbons (Fsp3) is 0.377. The number of quaternary nitrogens is 1. The molecule has 0 aliphatic heterocycles. The molecule has 0 fully saturated rings. The number of rotatable bonds is 25. The number of guanidine groups is 1. The SMILES string of the molecule is CC(C)CCOc1ccc2ccccc2c1-c1c(OCC(=O)N[C@H](CCCC[NH3+])C(=O)N[C@H](CCC[NH+]=C(N)N)C(=O)N[C@@H](CC(C)C)c2ncc(-c3ccccc3)o2)ccc2ccccc12.Cl.S.S.[Cl-]. The molecule has 0 unspecified atom stereocenters. The Bertz CT molecular complexity index is 2620. The summed E-state index contributed by atoms with van der Waals surface area (Å²) in [5.41, 5.74) is 17.8. The molecule has 0 bridgehead atoms. The summed E-state index contributed by atoms with van der Waals surface area (Å²) in [5.74, 6) is 1.45. The minimum atomic E-state index is -0.979. The average Bonchev–Trinajstić information content (AvgIpc) is 3.82. The van der Waals surface area contributed by atoms with Crippen molar-refractivity contribution in [1.29, 1.82) is 0 Å². The summed E-state index contributed by atoms with van der Waals surface area (Å²) in [6, 6.07) is 31.2. The van der Waals surface area contributed by atoms with Crippen molar-refractivity contribution in [3.8, 4) is 33.9 Å². The van der Waals surface area contributed by atoms with Crippen LogP contribution in [-0.2, 0) is 14.4 Å². The Kier molecular flexibility index (Phi) is 26.8. The number of halogens is 2. The summed E-state index contributed by atoms with van der Waals surface area (Å²) < 4.78 is 19.1. The number of nitrogens with one attached hydrogen (secondary N) is 4. The summed E-state index contributed by atoms with van der Waals surface area (Å²) in [6.45, 7) is 9.64. The zero-order valence-electron chi connectivity index (χ0n) is 41.1. The van der Waals surface area contributed by atoms with E-state index in [1.807, 2.05) is 98.8 Å². The topological polar surface area (TPSA) is 225 Å². The van der Waals surface area contributed by atoms with Crippen molar-refractivity contribution in [1.82, 2.24) is 20.9 Å². The predicted octanol–water partition coefficient (Wildman–Crippen LogP) is 3.19. The van der Waals surface area contributed by atoms with Gasteiger partial charge in [0, 0.05) is 16.7 Å². The first-order chi connectivity index (χ1) is 32.4. The summed E-state index contributed by atoms with van der Waals surface area (Å²) >= 11 is 0. The first-order valence-corrected chi connectivity index (χ1v) is 23.5. The van der Waals surface area contributed by atoms with Crippen LogP contribution < -0.4 is 60.0 Å². The van der Waals surface area contributed by atoms with Crippen LogP contribution in [0.1, 0.15) is 84.6 Å². The zero-order chi connectivity index (χ0) is 47.7. The van der Waals surface area contributed by atoms with Gasteiger partial charge in [0.05, 0.1) is 25.9 Å². The molecule has 0 aliphatic carbocycles. The van der Waals surface area contributed by atoms with Gasteiger partial charge >= 0.3 is 5.96 Å². The van der Waals surface area contributed by atoms with Gasteiger partial charge in [-0.15, -0.1) is 12.4 Å². The molecule has 5 aromatic carbocycles. The number of carbonyl (C=O) groups excluding carboxylic acids is 3. The standard InChI is InChI=1S/C53H66N8O6.2ClH.2H2S/c1-34(2)27-30-65-44-25-23-36-15-8-10-19-39(36)48(44)49-40-20-11-9-16-37(40)24-26-45(49)66-33-47(62)59-41(21-12-13-28-54)50(63)60-42(22-14-29-57-53(55)56)51(64)61-43(31-35(3)4)52-58-32-46(67-52)38-17-6-5-7-18-38;;;;/h5-11,15-20,23-26,32,34-35,41-43H,12-14,21-22,27-31,33,54H2,1-4H3,(H,59,62)(H,60,63)(H,61,64)(H4,55,56,57);2*1H;2*1H2/p+1/t41-,42-,43+;;;;/m1..../s1. The lowest BCUT2D eigenvalue weighted by atomic mass is 9.92. The Hall–Kier alpha value is -5.65. The van der Waals surface area contributed by atoms with Gasteiger partial charge in [-0.05, 0) is 90.5 Å². The fourth-order valence-electron chi connectivity index (χ4n) is 8.07. The molecule has 71 heavy (non-hydrogen) atoms. The Labute approximate surface area is 444 Å². The Balaban J connectivity index is 0.00000432. The van der Waals surface area contributed by atoms with Crippen molar-refractivity contribution in [3.63, 3.8) is 0 Å². The van der Waals surface area contributed by atoms with Crippen molar-refractivity contribution >= 4 is 84.6 Å². The Morgan fingerprint density at radius 2 is 1.25 bits per heavy atom. The van der Waals surface area contributed by atoms with Crippen molar-refractivity contribution in [2.24, 2.45) is 23.3 Å². The Morgan fingerprint density at radius 3 is 1.85 bits per heavy atom. The molecule has 3 atom stereocenters. The van der Waals surface area contributed by atoms with E-state index in [2.05, 4.69) is 63.7 Å². The minimum Gasteiger partial charge on any atom is -1.00 e.